The molecule has 0 saturated carbocycles. The van der Waals surface area contributed by atoms with Gasteiger partial charge in [0.2, 0.25) is 5.91 Å². The predicted octanol–water partition coefficient (Wildman–Crippen LogP) is 4.10. The number of rotatable bonds is 5. The average Bonchev–Trinajstić information content (AvgIpc) is 3.47. The van der Waals surface area contributed by atoms with Crippen molar-refractivity contribution in [3.8, 4) is 5.75 Å². The zero-order valence-electron chi connectivity index (χ0n) is 20.4. The number of thioether (sulfide) groups is 1. The Hall–Kier alpha value is -3.07. The largest absolute Gasteiger partial charge is 0.493 e. The zero-order valence-corrected chi connectivity index (χ0v) is 21.2. The van der Waals surface area contributed by atoms with Crippen LogP contribution in [0.1, 0.15) is 41.2 Å². The number of carbonyl (C=O) groups excluding carboxylic acids is 2. The highest BCUT2D eigenvalue weighted by atomic mass is 32.2. The number of para-hydroxylation sites is 1. The number of nitrogens with zero attached hydrogens (tertiary/aromatic N) is 4. The van der Waals surface area contributed by atoms with Crippen LogP contribution in [-0.4, -0.2) is 70.6 Å². The maximum atomic E-state index is 13.1. The van der Waals surface area contributed by atoms with Gasteiger partial charge in [-0.15, -0.1) is 0 Å². The van der Waals surface area contributed by atoms with Crippen LogP contribution in [0.4, 0.5) is 0 Å². The smallest absolute Gasteiger partial charge is 0.289 e. The first-order chi connectivity index (χ1) is 16.9. The van der Waals surface area contributed by atoms with Crippen LogP contribution < -0.4 is 4.74 Å². The van der Waals surface area contributed by atoms with Gasteiger partial charge in [-0.05, 0) is 56.7 Å². The summed E-state index contributed by atoms with van der Waals surface area (Å²) in [6.45, 7) is 6.73. The van der Waals surface area contributed by atoms with E-state index in [0.717, 1.165) is 49.1 Å². The summed E-state index contributed by atoms with van der Waals surface area (Å²) in [7, 11) is 1.59. The molecule has 35 heavy (non-hydrogen) atoms. The predicted molar refractivity (Wildman–Crippen MR) is 134 cm³/mol. The number of likely N-dealkylation sites (tertiary alicyclic amines) is 2. The number of ether oxygens (including phenoxy) is 1. The van der Waals surface area contributed by atoms with Crippen molar-refractivity contribution < 1.29 is 18.7 Å². The summed E-state index contributed by atoms with van der Waals surface area (Å²) in [5.41, 5.74) is 2.51. The summed E-state index contributed by atoms with van der Waals surface area (Å²) in [6.07, 6.45) is 2.76. The number of carbonyl (C=O) groups is 2. The van der Waals surface area contributed by atoms with Crippen LogP contribution in [-0.2, 0) is 4.79 Å². The SMILES string of the molecule is COc1cccc2cc(C(=O)N3CCC4(CCN(C(=O)CSc5nc(C)cc(C)n5)C4)CC3)oc12. The summed E-state index contributed by atoms with van der Waals surface area (Å²) in [5, 5.41) is 1.51. The molecule has 2 saturated heterocycles. The summed E-state index contributed by atoms with van der Waals surface area (Å²) < 4.78 is 11.2. The highest BCUT2D eigenvalue weighted by molar-refractivity contribution is 7.99. The highest BCUT2D eigenvalue weighted by Gasteiger charge is 2.43. The Balaban J connectivity index is 1.16. The maximum absolute atomic E-state index is 13.1. The van der Waals surface area contributed by atoms with Gasteiger partial charge in [0.15, 0.2) is 22.2 Å². The number of piperidine rings is 1. The number of methoxy groups -OCH3 is 1. The molecular formula is C26H30N4O4S. The molecule has 2 fully saturated rings. The third kappa shape index (κ3) is 4.87. The first-order valence-corrected chi connectivity index (χ1v) is 12.9. The van der Waals surface area contributed by atoms with E-state index in [1.165, 1.54) is 11.8 Å². The van der Waals surface area contributed by atoms with Crippen molar-refractivity contribution in [3.05, 3.63) is 47.5 Å². The van der Waals surface area contributed by atoms with Gasteiger partial charge < -0.3 is 19.0 Å². The molecule has 8 nitrogen and oxygen atoms in total. The van der Waals surface area contributed by atoms with E-state index in [1.807, 2.05) is 47.9 Å². The quantitative estimate of drug-likeness (QED) is 0.390. The fraction of sp³-hybridized carbons (Fsp3) is 0.462. The molecule has 0 aliphatic carbocycles. The van der Waals surface area contributed by atoms with Crippen LogP contribution in [0, 0.1) is 19.3 Å². The van der Waals surface area contributed by atoms with Crippen molar-refractivity contribution in [2.24, 2.45) is 5.41 Å². The number of hydrogen-bond donors (Lipinski definition) is 0. The lowest BCUT2D eigenvalue weighted by Gasteiger charge is -2.39. The first kappa shape index (κ1) is 23.7. The van der Waals surface area contributed by atoms with Crippen LogP contribution in [0.3, 0.4) is 0 Å². The molecule has 2 amide bonds. The van der Waals surface area contributed by atoms with Crippen LogP contribution >= 0.6 is 11.8 Å². The number of fused-ring (bicyclic) bond motifs is 1. The Kier molecular flexibility index (Phi) is 6.44. The first-order valence-electron chi connectivity index (χ1n) is 11.9. The van der Waals surface area contributed by atoms with Gasteiger partial charge in [-0.2, -0.15) is 0 Å². The van der Waals surface area contributed by atoms with E-state index in [1.54, 1.807) is 13.2 Å². The number of amides is 2. The third-order valence-corrected chi connectivity index (χ3v) is 7.96. The van der Waals surface area contributed by atoms with E-state index in [2.05, 4.69) is 9.97 Å². The molecule has 0 radical (unpaired) electrons. The fourth-order valence-electron chi connectivity index (χ4n) is 5.17. The molecular weight excluding hydrogens is 464 g/mol. The van der Waals surface area contributed by atoms with Gasteiger partial charge in [0, 0.05) is 43.0 Å². The van der Waals surface area contributed by atoms with E-state index < -0.39 is 0 Å². The van der Waals surface area contributed by atoms with Gasteiger partial charge in [-0.3, -0.25) is 9.59 Å². The van der Waals surface area contributed by atoms with Gasteiger partial charge in [0.1, 0.15) is 0 Å². The molecule has 1 aromatic carbocycles. The standard InChI is InChI=1S/C26H30N4O4S/c1-17-13-18(2)28-25(27-17)35-15-22(31)30-12-9-26(16-30)7-10-29(11-8-26)24(32)21-14-19-5-4-6-20(33-3)23(19)34-21/h4-6,13-14H,7-12,15-16H2,1-3H3. The van der Waals surface area contributed by atoms with Gasteiger partial charge in [-0.1, -0.05) is 23.9 Å². The molecule has 2 aliphatic rings. The summed E-state index contributed by atoms with van der Waals surface area (Å²) >= 11 is 1.40. The number of benzene rings is 1. The van der Waals surface area contributed by atoms with E-state index in [0.29, 0.717) is 41.1 Å². The van der Waals surface area contributed by atoms with Crippen molar-refractivity contribution in [1.82, 2.24) is 19.8 Å². The van der Waals surface area contributed by atoms with Gasteiger partial charge >= 0.3 is 0 Å². The van der Waals surface area contributed by atoms with Crippen molar-refractivity contribution in [2.75, 3.05) is 39.0 Å². The highest BCUT2D eigenvalue weighted by Crippen LogP contribution is 2.41. The number of furan rings is 1. The van der Waals surface area contributed by atoms with Crippen molar-refractivity contribution in [2.45, 2.75) is 38.3 Å². The number of aryl methyl sites for hydroxylation is 2. The minimum atomic E-state index is -0.0890. The second kappa shape index (κ2) is 9.53. The summed E-state index contributed by atoms with van der Waals surface area (Å²) in [6, 6.07) is 9.34. The molecule has 0 N–H and O–H groups in total. The summed E-state index contributed by atoms with van der Waals surface area (Å²) in [4.78, 5) is 38.7. The second-order valence-corrected chi connectivity index (χ2v) is 10.5. The van der Waals surface area contributed by atoms with E-state index in [-0.39, 0.29) is 17.2 Å². The second-order valence-electron chi connectivity index (χ2n) is 9.57. The average molecular weight is 495 g/mol. The van der Waals surface area contributed by atoms with Gasteiger partial charge in [-0.25, -0.2) is 9.97 Å². The fourth-order valence-corrected chi connectivity index (χ4v) is 6.03. The van der Waals surface area contributed by atoms with Crippen molar-refractivity contribution >= 4 is 34.5 Å². The van der Waals surface area contributed by atoms with E-state index in [9.17, 15) is 9.59 Å². The Morgan fingerprint density at radius 1 is 1.06 bits per heavy atom. The lowest BCUT2D eigenvalue weighted by Crippen LogP contribution is -2.44. The lowest BCUT2D eigenvalue weighted by molar-refractivity contribution is -0.127. The van der Waals surface area contributed by atoms with Gasteiger partial charge in [0.05, 0.1) is 12.9 Å². The minimum absolute atomic E-state index is 0.0879. The van der Waals surface area contributed by atoms with Crippen molar-refractivity contribution in [3.63, 3.8) is 0 Å². The van der Waals surface area contributed by atoms with Crippen molar-refractivity contribution in [1.29, 1.82) is 0 Å². The van der Waals surface area contributed by atoms with E-state index in [4.69, 9.17) is 9.15 Å². The molecule has 2 aromatic heterocycles. The molecule has 1 spiro atoms. The normalized spacial score (nSPS) is 17.3. The Labute approximate surface area is 209 Å². The lowest BCUT2D eigenvalue weighted by atomic mass is 9.77. The van der Waals surface area contributed by atoms with Crippen LogP contribution in [0.15, 0.2) is 39.9 Å². The number of aromatic nitrogens is 2. The Bertz CT molecular complexity index is 1250. The van der Waals surface area contributed by atoms with E-state index >= 15 is 0 Å². The summed E-state index contributed by atoms with van der Waals surface area (Å²) in [5.74, 6) is 1.35. The Morgan fingerprint density at radius 2 is 1.74 bits per heavy atom. The van der Waals surface area contributed by atoms with Gasteiger partial charge in [0.25, 0.3) is 5.91 Å². The minimum Gasteiger partial charge on any atom is -0.493 e. The maximum Gasteiger partial charge on any atom is 0.289 e. The van der Waals surface area contributed by atoms with Crippen LogP contribution in [0.25, 0.3) is 11.0 Å². The van der Waals surface area contributed by atoms with Crippen LogP contribution in [0.2, 0.25) is 0 Å². The van der Waals surface area contributed by atoms with Crippen LogP contribution in [0.5, 0.6) is 5.75 Å². The molecule has 0 unspecified atom stereocenters. The molecule has 4 heterocycles. The number of hydrogen-bond acceptors (Lipinski definition) is 7. The molecule has 0 atom stereocenters. The molecule has 2 aliphatic heterocycles. The molecule has 184 valence electrons. The molecule has 5 rings (SSSR count). The molecule has 3 aromatic rings. The molecule has 9 heteroatoms. The Morgan fingerprint density at radius 3 is 2.43 bits per heavy atom. The molecule has 0 bridgehead atoms. The third-order valence-electron chi connectivity index (χ3n) is 7.13. The topological polar surface area (TPSA) is 88.8 Å². The monoisotopic (exact) mass is 494 g/mol. The zero-order chi connectivity index (χ0) is 24.6.